The molecule has 9 heteroatoms. The number of hydrogen-bond acceptors (Lipinski definition) is 7. The standard InChI is InChI=1S/C14H13N3O6/c1-21-11-5-3-9(7-12(11)22-2)14(18)16-15-8-10-4-6-13(23-10)17(19)20/h3-8H,1-2H3,(H,16,18)/b15-8+. The van der Waals surface area contributed by atoms with Crippen LogP contribution in [-0.2, 0) is 0 Å². The Balaban J connectivity index is 2.04. The molecule has 0 radical (unpaired) electrons. The molecule has 1 N–H and O–H groups in total. The molecule has 2 aromatic rings. The molecule has 0 bridgehead atoms. The van der Waals surface area contributed by atoms with Gasteiger partial charge in [-0.05, 0) is 24.3 Å². The summed E-state index contributed by atoms with van der Waals surface area (Å²) in [5, 5.41) is 14.1. The van der Waals surface area contributed by atoms with E-state index >= 15 is 0 Å². The molecule has 1 aromatic heterocycles. The Bertz CT molecular complexity index is 753. The van der Waals surface area contributed by atoms with Gasteiger partial charge in [-0.3, -0.25) is 14.9 Å². The Hall–Kier alpha value is -3.36. The molecular formula is C14H13N3O6. The van der Waals surface area contributed by atoms with E-state index in [-0.39, 0.29) is 5.76 Å². The minimum atomic E-state index is -0.667. The summed E-state index contributed by atoms with van der Waals surface area (Å²) in [6.45, 7) is 0. The molecular weight excluding hydrogens is 306 g/mol. The maximum absolute atomic E-state index is 12.0. The zero-order valence-corrected chi connectivity index (χ0v) is 12.3. The molecule has 0 spiro atoms. The van der Waals surface area contributed by atoms with Gasteiger partial charge in [-0.25, -0.2) is 5.43 Å². The summed E-state index contributed by atoms with van der Waals surface area (Å²) in [4.78, 5) is 21.8. The lowest BCUT2D eigenvalue weighted by atomic mass is 10.2. The quantitative estimate of drug-likeness (QED) is 0.494. The van der Waals surface area contributed by atoms with Crippen molar-refractivity contribution in [2.24, 2.45) is 5.10 Å². The van der Waals surface area contributed by atoms with Gasteiger partial charge in [0.15, 0.2) is 17.3 Å². The van der Waals surface area contributed by atoms with Gasteiger partial charge in [0.2, 0.25) is 0 Å². The predicted octanol–water partition coefficient (Wildman–Crippen LogP) is 1.97. The molecule has 0 aliphatic rings. The molecule has 0 aliphatic heterocycles. The third-order valence-corrected chi connectivity index (χ3v) is 2.80. The van der Waals surface area contributed by atoms with Gasteiger partial charge in [0.05, 0.1) is 26.5 Å². The molecule has 0 unspecified atom stereocenters. The summed E-state index contributed by atoms with van der Waals surface area (Å²) in [7, 11) is 2.95. The molecule has 2 rings (SSSR count). The lowest BCUT2D eigenvalue weighted by Gasteiger charge is -2.08. The fourth-order valence-electron chi connectivity index (χ4n) is 1.71. The Morgan fingerprint density at radius 2 is 2.00 bits per heavy atom. The molecule has 120 valence electrons. The molecule has 0 atom stereocenters. The van der Waals surface area contributed by atoms with Gasteiger partial charge in [-0.2, -0.15) is 5.10 Å². The summed E-state index contributed by atoms with van der Waals surface area (Å²) < 4.78 is 15.0. The summed E-state index contributed by atoms with van der Waals surface area (Å²) >= 11 is 0. The SMILES string of the molecule is COc1ccc(C(=O)N/N=C/c2ccc([N+](=O)[O-])o2)cc1OC. The first-order valence-corrected chi connectivity index (χ1v) is 6.35. The molecule has 1 aromatic carbocycles. The van der Waals surface area contributed by atoms with E-state index in [0.717, 1.165) is 6.21 Å². The van der Waals surface area contributed by atoms with Gasteiger partial charge in [0.1, 0.15) is 4.92 Å². The van der Waals surface area contributed by atoms with Gasteiger partial charge in [0, 0.05) is 5.56 Å². The second kappa shape index (κ2) is 7.07. The third kappa shape index (κ3) is 3.84. The van der Waals surface area contributed by atoms with Crippen molar-refractivity contribution in [3.05, 3.63) is 51.8 Å². The zero-order valence-electron chi connectivity index (χ0n) is 12.3. The summed E-state index contributed by atoms with van der Waals surface area (Å²) in [5.74, 6) is 0.159. The highest BCUT2D eigenvalue weighted by atomic mass is 16.6. The van der Waals surface area contributed by atoms with Crippen LogP contribution in [0.3, 0.4) is 0 Å². The van der Waals surface area contributed by atoms with Crippen LogP contribution in [0.25, 0.3) is 0 Å². The minimum Gasteiger partial charge on any atom is -0.493 e. The Kier molecular flexibility index (Phi) is 4.92. The van der Waals surface area contributed by atoms with Crippen molar-refractivity contribution in [3.63, 3.8) is 0 Å². The topological polar surface area (TPSA) is 116 Å². The van der Waals surface area contributed by atoms with Crippen LogP contribution < -0.4 is 14.9 Å². The van der Waals surface area contributed by atoms with Crippen LogP contribution in [0.1, 0.15) is 16.1 Å². The number of amides is 1. The first kappa shape index (κ1) is 16.0. The molecule has 0 aliphatic carbocycles. The van der Waals surface area contributed by atoms with Crippen LogP contribution >= 0.6 is 0 Å². The van der Waals surface area contributed by atoms with Crippen LogP contribution in [0.2, 0.25) is 0 Å². The van der Waals surface area contributed by atoms with Gasteiger partial charge in [-0.1, -0.05) is 0 Å². The summed E-state index contributed by atoms with van der Waals surface area (Å²) in [6.07, 6.45) is 1.16. The highest BCUT2D eigenvalue weighted by Crippen LogP contribution is 2.27. The molecule has 0 saturated carbocycles. The number of hydrogen-bond donors (Lipinski definition) is 1. The van der Waals surface area contributed by atoms with E-state index in [1.807, 2.05) is 0 Å². The number of methoxy groups -OCH3 is 2. The number of nitrogens with one attached hydrogen (secondary N) is 1. The number of furan rings is 1. The van der Waals surface area contributed by atoms with E-state index in [1.165, 1.54) is 32.4 Å². The van der Waals surface area contributed by atoms with Gasteiger partial charge < -0.3 is 13.9 Å². The van der Waals surface area contributed by atoms with Crippen molar-refractivity contribution < 1.29 is 23.6 Å². The minimum absolute atomic E-state index is 0.143. The smallest absolute Gasteiger partial charge is 0.433 e. The van der Waals surface area contributed by atoms with E-state index in [0.29, 0.717) is 17.1 Å². The monoisotopic (exact) mass is 319 g/mol. The van der Waals surface area contributed by atoms with Crippen molar-refractivity contribution in [1.82, 2.24) is 5.43 Å². The number of carbonyl (C=O) groups excluding carboxylic acids is 1. The zero-order chi connectivity index (χ0) is 16.8. The van der Waals surface area contributed by atoms with Crippen molar-refractivity contribution in [1.29, 1.82) is 0 Å². The van der Waals surface area contributed by atoms with Crippen molar-refractivity contribution in [2.45, 2.75) is 0 Å². The molecule has 1 heterocycles. The van der Waals surface area contributed by atoms with Crippen molar-refractivity contribution in [3.8, 4) is 11.5 Å². The van der Waals surface area contributed by atoms with Crippen molar-refractivity contribution in [2.75, 3.05) is 14.2 Å². The Morgan fingerprint density at radius 1 is 1.26 bits per heavy atom. The number of nitrogens with zero attached hydrogens (tertiary/aromatic N) is 2. The predicted molar refractivity (Wildman–Crippen MR) is 80.0 cm³/mol. The van der Waals surface area contributed by atoms with E-state index in [2.05, 4.69) is 10.5 Å². The average molecular weight is 319 g/mol. The lowest BCUT2D eigenvalue weighted by Crippen LogP contribution is -2.17. The second-order valence-corrected chi connectivity index (χ2v) is 4.20. The first-order chi connectivity index (χ1) is 11.0. The number of carbonyl (C=O) groups is 1. The van der Waals surface area contributed by atoms with Crippen LogP contribution in [0.4, 0.5) is 5.88 Å². The van der Waals surface area contributed by atoms with Crippen LogP contribution in [0, 0.1) is 10.1 Å². The normalized spacial score (nSPS) is 10.5. The largest absolute Gasteiger partial charge is 0.493 e. The van der Waals surface area contributed by atoms with Crippen LogP contribution in [0.15, 0.2) is 39.9 Å². The maximum atomic E-state index is 12.0. The molecule has 9 nitrogen and oxygen atoms in total. The van der Waals surface area contributed by atoms with E-state index in [9.17, 15) is 14.9 Å². The van der Waals surface area contributed by atoms with Gasteiger partial charge in [0.25, 0.3) is 5.91 Å². The van der Waals surface area contributed by atoms with Gasteiger partial charge >= 0.3 is 5.88 Å². The molecule has 0 saturated heterocycles. The number of rotatable bonds is 6. The summed E-state index contributed by atoms with van der Waals surface area (Å²) in [6, 6.07) is 7.19. The van der Waals surface area contributed by atoms with Crippen molar-refractivity contribution >= 4 is 18.0 Å². The fraction of sp³-hybridized carbons (Fsp3) is 0.143. The number of nitro groups is 1. The molecule has 23 heavy (non-hydrogen) atoms. The highest BCUT2D eigenvalue weighted by Gasteiger charge is 2.11. The van der Waals surface area contributed by atoms with E-state index in [1.54, 1.807) is 12.1 Å². The molecule has 1 amide bonds. The lowest BCUT2D eigenvalue weighted by molar-refractivity contribution is -0.402. The number of benzene rings is 1. The fourth-order valence-corrected chi connectivity index (χ4v) is 1.71. The number of ether oxygens (including phenoxy) is 2. The van der Waals surface area contributed by atoms with Crippen LogP contribution in [-0.4, -0.2) is 31.3 Å². The highest BCUT2D eigenvalue weighted by molar-refractivity contribution is 5.95. The van der Waals surface area contributed by atoms with E-state index < -0.39 is 16.7 Å². The first-order valence-electron chi connectivity index (χ1n) is 6.35. The van der Waals surface area contributed by atoms with Crippen LogP contribution in [0.5, 0.6) is 11.5 Å². The Morgan fingerprint density at radius 3 is 2.61 bits per heavy atom. The van der Waals surface area contributed by atoms with Gasteiger partial charge in [-0.15, -0.1) is 0 Å². The summed E-state index contributed by atoms with van der Waals surface area (Å²) in [5.41, 5.74) is 2.59. The second-order valence-electron chi connectivity index (χ2n) is 4.20. The average Bonchev–Trinajstić information content (AvgIpc) is 3.03. The molecule has 0 fully saturated rings. The Labute approximate surface area is 130 Å². The maximum Gasteiger partial charge on any atom is 0.433 e. The number of hydrazone groups is 1. The third-order valence-electron chi connectivity index (χ3n) is 2.80. The van der Waals surface area contributed by atoms with E-state index in [4.69, 9.17) is 13.9 Å².